The molecule has 0 bridgehead atoms. The van der Waals surface area contributed by atoms with Gasteiger partial charge in [-0.25, -0.2) is 0 Å². The number of nitrogens with two attached hydrogens (primary N) is 1. The predicted octanol–water partition coefficient (Wildman–Crippen LogP) is 1.91. The van der Waals surface area contributed by atoms with Crippen LogP contribution in [-0.4, -0.2) is 14.3 Å². The smallest absolute Gasteiger partial charge is 0.251 e. The van der Waals surface area contributed by atoms with Crippen LogP contribution in [0.25, 0.3) is 0 Å². The zero-order valence-electron chi connectivity index (χ0n) is 11.1. The molecular weight excluding hydrogens is 264 g/mol. The summed E-state index contributed by atoms with van der Waals surface area (Å²) in [4.78, 5) is 11.8. The SMILES string of the molecule is CCc1nn(CC)c(Cn2cc(N)ccc2=O)c1Cl. The second-order valence-corrected chi connectivity index (χ2v) is 4.68. The molecule has 0 aromatic carbocycles. The lowest BCUT2D eigenvalue weighted by molar-refractivity contribution is 0.590. The lowest BCUT2D eigenvalue weighted by atomic mass is 10.3. The molecule has 0 fully saturated rings. The molecule has 0 aliphatic carbocycles. The molecule has 5 nitrogen and oxygen atoms in total. The van der Waals surface area contributed by atoms with Crippen molar-refractivity contribution < 1.29 is 0 Å². The van der Waals surface area contributed by atoms with Gasteiger partial charge in [-0.05, 0) is 19.4 Å². The molecule has 19 heavy (non-hydrogen) atoms. The van der Waals surface area contributed by atoms with Crippen LogP contribution in [0.2, 0.25) is 5.02 Å². The van der Waals surface area contributed by atoms with Gasteiger partial charge in [0.1, 0.15) is 0 Å². The molecule has 0 saturated heterocycles. The van der Waals surface area contributed by atoms with Crippen molar-refractivity contribution in [2.24, 2.45) is 0 Å². The van der Waals surface area contributed by atoms with Crippen molar-refractivity contribution in [3.63, 3.8) is 0 Å². The van der Waals surface area contributed by atoms with Gasteiger partial charge >= 0.3 is 0 Å². The summed E-state index contributed by atoms with van der Waals surface area (Å²) >= 11 is 6.32. The Morgan fingerprint density at radius 1 is 1.37 bits per heavy atom. The first-order valence-electron chi connectivity index (χ1n) is 6.26. The van der Waals surface area contributed by atoms with Crippen molar-refractivity contribution in [3.05, 3.63) is 45.1 Å². The minimum absolute atomic E-state index is 0.104. The van der Waals surface area contributed by atoms with Crippen LogP contribution in [0.15, 0.2) is 23.1 Å². The molecule has 0 saturated carbocycles. The highest BCUT2D eigenvalue weighted by Gasteiger charge is 2.15. The van der Waals surface area contributed by atoms with Crippen LogP contribution in [0.4, 0.5) is 5.69 Å². The maximum atomic E-state index is 11.8. The van der Waals surface area contributed by atoms with Crippen LogP contribution in [0.1, 0.15) is 25.2 Å². The van der Waals surface area contributed by atoms with Gasteiger partial charge in [0.25, 0.3) is 5.56 Å². The number of hydrogen-bond acceptors (Lipinski definition) is 3. The number of hydrogen-bond donors (Lipinski definition) is 1. The van der Waals surface area contributed by atoms with Gasteiger partial charge in [0.15, 0.2) is 0 Å². The maximum absolute atomic E-state index is 11.8. The second-order valence-electron chi connectivity index (χ2n) is 4.31. The normalized spacial score (nSPS) is 10.9. The topological polar surface area (TPSA) is 65.8 Å². The first-order chi connectivity index (χ1) is 9.06. The van der Waals surface area contributed by atoms with E-state index in [-0.39, 0.29) is 5.56 Å². The highest BCUT2D eigenvalue weighted by Crippen LogP contribution is 2.22. The predicted molar refractivity (Wildman–Crippen MR) is 76.5 cm³/mol. The summed E-state index contributed by atoms with van der Waals surface area (Å²) in [6.45, 7) is 5.09. The summed E-state index contributed by atoms with van der Waals surface area (Å²) in [5, 5.41) is 5.07. The molecule has 2 N–H and O–H groups in total. The Kier molecular flexibility index (Phi) is 3.95. The van der Waals surface area contributed by atoms with Crippen LogP contribution in [0.3, 0.4) is 0 Å². The number of nitrogens with zero attached hydrogens (tertiary/aromatic N) is 3. The lowest BCUT2D eigenvalue weighted by Crippen LogP contribution is -2.21. The van der Waals surface area contributed by atoms with Crippen molar-refractivity contribution >= 4 is 17.3 Å². The molecule has 0 aliphatic heterocycles. The Labute approximate surface area is 116 Å². The summed E-state index contributed by atoms with van der Waals surface area (Å²) in [5.41, 5.74) is 7.85. The molecule has 2 aromatic heterocycles. The summed E-state index contributed by atoms with van der Waals surface area (Å²) in [6.07, 6.45) is 2.39. The van der Waals surface area contributed by atoms with Gasteiger partial charge in [-0.1, -0.05) is 18.5 Å². The van der Waals surface area contributed by atoms with Gasteiger partial charge in [-0.15, -0.1) is 0 Å². The Hall–Kier alpha value is -1.75. The summed E-state index contributed by atoms with van der Waals surface area (Å²) in [6, 6.07) is 3.05. The van der Waals surface area contributed by atoms with Crippen molar-refractivity contribution in [3.8, 4) is 0 Å². The van der Waals surface area contributed by atoms with Gasteiger partial charge in [0.2, 0.25) is 0 Å². The zero-order chi connectivity index (χ0) is 14.0. The summed E-state index contributed by atoms with van der Waals surface area (Å²) in [7, 11) is 0. The monoisotopic (exact) mass is 280 g/mol. The molecule has 2 heterocycles. The number of aryl methyl sites for hydroxylation is 2. The number of aromatic nitrogens is 3. The Morgan fingerprint density at radius 2 is 2.11 bits per heavy atom. The molecule has 2 aromatic rings. The molecule has 102 valence electrons. The third-order valence-corrected chi connectivity index (χ3v) is 3.46. The fraction of sp³-hybridized carbons (Fsp3) is 0.385. The van der Waals surface area contributed by atoms with Gasteiger partial charge in [-0.2, -0.15) is 5.10 Å². The number of nitrogen functional groups attached to an aromatic ring is 1. The van der Waals surface area contributed by atoms with E-state index < -0.39 is 0 Å². The molecule has 0 amide bonds. The third kappa shape index (κ3) is 2.66. The highest BCUT2D eigenvalue weighted by molar-refractivity contribution is 6.31. The number of rotatable bonds is 4. The van der Waals surface area contributed by atoms with Crippen LogP contribution in [-0.2, 0) is 19.5 Å². The first kappa shape index (κ1) is 13.7. The Balaban J connectivity index is 2.45. The van der Waals surface area contributed by atoms with Gasteiger partial charge in [-0.3, -0.25) is 9.48 Å². The van der Waals surface area contributed by atoms with Crippen LogP contribution in [0, 0.1) is 0 Å². The van der Waals surface area contributed by atoms with E-state index in [0.717, 1.165) is 17.8 Å². The number of pyridine rings is 1. The van der Waals surface area contributed by atoms with E-state index in [9.17, 15) is 4.79 Å². The minimum Gasteiger partial charge on any atom is -0.398 e. The Morgan fingerprint density at radius 3 is 2.74 bits per heavy atom. The number of anilines is 1. The van der Waals surface area contributed by atoms with Crippen molar-refractivity contribution in [2.75, 3.05) is 5.73 Å². The second kappa shape index (κ2) is 5.48. The molecule has 0 radical (unpaired) electrons. The van der Waals surface area contributed by atoms with E-state index in [2.05, 4.69) is 5.10 Å². The average molecular weight is 281 g/mol. The van der Waals surface area contributed by atoms with E-state index in [1.165, 1.54) is 6.07 Å². The van der Waals surface area contributed by atoms with E-state index in [1.807, 2.05) is 18.5 Å². The summed E-state index contributed by atoms with van der Waals surface area (Å²) < 4.78 is 3.38. The molecule has 2 rings (SSSR count). The van der Waals surface area contributed by atoms with E-state index in [0.29, 0.717) is 23.8 Å². The minimum atomic E-state index is -0.104. The molecular formula is C13H17ClN4O. The average Bonchev–Trinajstić information content (AvgIpc) is 2.70. The van der Waals surface area contributed by atoms with E-state index >= 15 is 0 Å². The summed E-state index contributed by atoms with van der Waals surface area (Å²) in [5.74, 6) is 0. The molecule has 6 heteroatoms. The standard InChI is InChI=1S/C13H17ClN4O/c1-3-10-13(14)11(18(4-2)16-10)8-17-7-9(15)5-6-12(17)19/h5-7H,3-4,8,15H2,1-2H3. The quantitative estimate of drug-likeness (QED) is 0.930. The lowest BCUT2D eigenvalue weighted by Gasteiger charge is -2.08. The van der Waals surface area contributed by atoms with Crippen molar-refractivity contribution in [2.45, 2.75) is 33.4 Å². The zero-order valence-corrected chi connectivity index (χ0v) is 11.8. The fourth-order valence-corrected chi connectivity index (χ4v) is 2.33. The molecule has 0 aliphatic rings. The Bertz CT molecular complexity index is 645. The molecule has 0 spiro atoms. The van der Waals surface area contributed by atoms with E-state index in [4.69, 9.17) is 17.3 Å². The maximum Gasteiger partial charge on any atom is 0.251 e. The highest BCUT2D eigenvalue weighted by atomic mass is 35.5. The van der Waals surface area contributed by atoms with Crippen molar-refractivity contribution in [1.29, 1.82) is 0 Å². The van der Waals surface area contributed by atoms with Crippen LogP contribution < -0.4 is 11.3 Å². The van der Waals surface area contributed by atoms with Crippen LogP contribution >= 0.6 is 11.6 Å². The van der Waals surface area contributed by atoms with E-state index in [1.54, 1.807) is 16.8 Å². The molecule has 0 atom stereocenters. The fourth-order valence-electron chi connectivity index (χ4n) is 2.00. The van der Waals surface area contributed by atoms with Crippen molar-refractivity contribution in [1.82, 2.24) is 14.3 Å². The first-order valence-corrected chi connectivity index (χ1v) is 6.64. The van der Waals surface area contributed by atoms with Gasteiger partial charge in [0.05, 0.1) is 23.0 Å². The third-order valence-electron chi connectivity index (χ3n) is 3.02. The molecule has 0 unspecified atom stereocenters. The largest absolute Gasteiger partial charge is 0.398 e. The van der Waals surface area contributed by atoms with Gasteiger partial charge in [0, 0.05) is 24.5 Å². The number of halogens is 1. The van der Waals surface area contributed by atoms with Gasteiger partial charge < -0.3 is 10.3 Å². The van der Waals surface area contributed by atoms with Crippen LogP contribution in [0.5, 0.6) is 0 Å².